The van der Waals surface area contributed by atoms with Crippen molar-refractivity contribution in [2.75, 3.05) is 7.11 Å². The quantitative estimate of drug-likeness (QED) is 0.715. The maximum absolute atomic E-state index is 10.2. The molecule has 1 rings (SSSR count). The Morgan fingerprint density at radius 3 is 2.75 bits per heavy atom. The normalized spacial score (nSPS) is 10.6. The molecular formula is C12H15NO3. The van der Waals surface area contributed by atoms with Crippen LogP contribution in [0, 0.1) is 0 Å². The van der Waals surface area contributed by atoms with E-state index in [2.05, 4.69) is 5.32 Å². The summed E-state index contributed by atoms with van der Waals surface area (Å²) in [6.45, 7) is 1.14. The number of benzene rings is 1. The van der Waals surface area contributed by atoms with Gasteiger partial charge in [-0.2, -0.15) is 0 Å². The molecule has 0 bridgehead atoms. The number of carbonyl (C=O) groups is 1. The van der Waals surface area contributed by atoms with Gasteiger partial charge in [0.05, 0.1) is 6.61 Å². The molecule has 4 heteroatoms. The zero-order chi connectivity index (χ0) is 11.8. The van der Waals surface area contributed by atoms with Gasteiger partial charge in [-0.25, -0.2) is 4.79 Å². The van der Waals surface area contributed by atoms with Crippen molar-refractivity contribution in [2.24, 2.45) is 0 Å². The smallest absolute Gasteiger partial charge is 0.329 e. The minimum Gasteiger partial charge on any atom is -0.478 e. The molecule has 4 nitrogen and oxygen atoms in total. The summed E-state index contributed by atoms with van der Waals surface area (Å²) in [5, 5.41) is 11.3. The molecule has 0 heterocycles. The van der Waals surface area contributed by atoms with E-state index in [9.17, 15) is 4.79 Å². The zero-order valence-corrected chi connectivity index (χ0v) is 9.14. The van der Waals surface area contributed by atoms with Crippen LogP contribution in [0.5, 0.6) is 0 Å². The van der Waals surface area contributed by atoms with Gasteiger partial charge in [0.15, 0.2) is 0 Å². The second kappa shape index (κ2) is 6.63. The standard InChI is InChI=1S/C12H15NO3/c1-16-9-11-5-3-2-4-10(11)8-13-7-6-12(14)15/h2-7,13H,8-9H2,1H3,(H,14,15)/b7-6+. The number of rotatable bonds is 6. The van der Waals surface area contributed by atoms with E-state index in [1.807, 2.05) is 24.3 Å². The van der Waals surface area contributed by atoms with Gasteiger partial charge in [0.1, 0.15) is 0 Å². The molecule has 0 unspecified atom stereocenters. The Labute approximate surface area is 94.6 Å². The minimum absolute atomic E-state index is 0.556. The molecule has 0 spiro atoms. The van der Waals surface area contributed by atoms with E-state index >= 15 is 0 Å². The monoisotopic (exact) mass is 221 g/mol. The maximum Gasteiger partial charge on any atom is 0.329 e. The van der Waals surface area contributed by atoms with Crippen LogP contribution in [0.1, 0.15) is 11.1 Å². The Bertz CT molecular complexity index is 374. The van der Waals surface area contributed by atoms with Crippen LogP contribution < -0.4 is 5.32 Å². The molecule has 86 valence electrons. The Balaban J connectivity index is 2.55. The van der Waals surface area contributed by atoms with E-state index in [0.717, 1.165) is 17.2 Å². The number of methoxy groups -OCH3 is 1. The topological polar surface area (TPSA) is 58.6 Å². The van der Waals surface area contributed by atoms with Gasteiger partial charge in [-0.15, -0.1) is 0 Å². The van der Waals surface area contributed by atoms with Gasteiger partial charge in [0, 0.05) is 25.9 Å². The molecule has 0 aliphatic rings. The lowest BCUT2D eigenvalue weighted by atomic mass is 10.1. The Kier molecular flexibility index (Phi) is 5.08. The van der Waals surface area contributed by atoms with E-state index < -0.39 is 5.97 Å². The van der Waals surface area contributed by atoms with Gasteiger partial charge in [0.2, 0.25) is 0 Å². The summed E-state index contributed by atoms with van der Waals surface area (Å²) >= 11 is 0. The van der Waals surface area contributed by atoms with Gasteiger partial charge >= 0.3 is 5.97 Å². The fraction of sp³-hybridized carbons (Fsp3) is 0.250. The molecule has 0 saturated carbocycles. The van der Waals surface area contributed by atoms with E-state index in [4.69, 9.17) is 9.84 Å². The summed E-state index contributed by atoms with van der Waals surface area (Å²) in [6.07, 6.45) is 2.49. The van der Waals surface area contributed by atoms with Crippen LogP contribution in [0.2, 0.25) is 0 Å². The Morgan fingerprint density at radius 1 is 1.44 bits per heavy atom. The second-order valence-corrected chi connectivity index (χ2v) is 3.25. The molecule has 1 aromatic rings. The number of nitrogens with one attached hydrogen (secondary N) is 1. The third kappa shape index (κ3) is 4.14. The molecule has 1 aromatic carbocycles. The molecule has 0 aliphatic heterocycles. The van der Waals surface area contributed by atoms with Crippen molar-refractivity contribution in [2.45, 2.75) is 13.2 Å². The lowest BCUT2D eigenvalue weighted by molar-refractivity contribution is -0.131. The van der Waals surface area contributed by atoms with Crippen molar-refractivity contribution in [3.63, 3.8) is 0 Å². The average Bonchev–Trinajstić information content (AvgIpc) is 2.26. The third-order valence-corrected chi connectivity index (χ3v) is 2.05. The molecule has 0 aliphatic carbocycles. The van der Waals surface area contributed by atoms with Crippen molar-refractivity contribution in [3.8, 4) is 0 Å². The number of carboxylic acid groups (broad SMARTS) is 1. The predicted octanol–water partition coefficient (Wildman–Crippen LogP) is 1.52. The van der Waals surface area contributed by atoms with Crippen molar-refractivity contribution < 1.29 is 14.6 Å². The highest BCUT2D eigenvalue weighted by Crippen LogP contribution is 2.09. The van der Waals surface area contributed by atoms with Crippen molar-refractivity contribution in [3.05, 3.63) is 47.7 Å². The van der Waals surface area contributed by atoms with Crippen LogP contribution in [0.3, 0.4) is 0 Å². The highest BCUT2D eigenvalue weighted by atomic mass is 16.5. The lowest BCUT2D eigenvalue weighted by Gasteiger charge is -2.08. The fourth-order valence-corrected chi connectivity index (χ4v) is 1.33. The first kappa shape index (κ1) is 12.3. The number of aliphatic carboxylic acids is 1. The first-order valence-corrected chi connectivity index (χ1v) is 4.92. The number of ether oxygens (including phenoxy) is 1. The van der Waals surface area contributed by atoms with Crippen molar-refractivity contribution >= 4 is 5.97 Å². The number of hydrogen-bond acceptors (Lipinski definition) is 3. The van der Waals surface area contributed by atoms with Crippen LogP contribution in [0.4, 0.5) is 0 Å². The average molecular weight is 221 g/mol. The van der Waals surface area contributed by atoms with Crippen LogP contribution in [-0.2, 0) is 22.7 Å². The van der Waals surface area contributed by atoms with Crippen LogP contribution in [0.15, 0.2) is 36.5 Å². The second-order valence-electron chi connectivity index (χ2n) is 3.25. The van der Waals surface area contributed by atoms with Crippen LogP contribution >= 0.6 is 0 Å². The maximum atomic E-state index is 10.2. The molecule has 16 heavy (non-hydrogen) atoms. The van der Waals surface area contributed by atoms with E-state index in [0.29, 0.717) is 13.2 Å². The summed E-state index contributed by atoms with van der Waals surface area (Å²) < 4.78 is 5.07. The highest BCUT2D eigenvalue weighted by Gasteiger charge is 1.99. The molecule has 2 N–H and O–H groups in total. The van der Waals surface area contributed by atoms with Gasteiger partial charge in [0.25, 0.3) is 0 Å². The summed E-state index contributed by atoms with van der Waals surface area (Å²) in [7, 11) is 1.65. The molecular weight excluding hydrogens is 206 g/mol. The lowest BCUT2D eigenvalue weighted by Crippen LogP contribution is -2.08. The molecule has 0 radical (unpaired) electrons. The summed E-state index contributed by atoms with van der Waals surface area (Å²) in [4.78, 5) is 10.2. The third-order valence-electron chi connectivity index (χ3n) is 2.05. The summed E-state index contributed by atoms with van der Waals surface area (Å²) in [5.41, 5.74) is 2.20. The number of hydrogen-bond donors (Lipinski definition) is 2. The minimum atomic E-state index is -0.960. The van der Waals surface area contributed by atoms with E-state index in [1.54, 1.807) is 7.11 Å². The molecule has 0 fully saturated rings. The molecule has 0 atom stereocenters. The molecule has 0 saturated heterocycles. The zero-order valence-electron chi connectivity index (χ0n) is 9.14. The van der Waals surface area contributed by atoms with Gasteiger partial charge in [-0.3, -0.25) is 0 Å². The van der Waals surface area contributed by atoms with E-state index in [-0.39, 0.29) is 0 Å². The first-order chi connectivity index (χ1) is 7.74. The number of carboxylic acids is 1. The van der Waals surface area contributed by atoms with Gasteiger partial charge in [-0.05, 0) is 11.1 Å². The van der Waals surface area contributed by atoms with E-state index in [1.165, 1.54) is 6.20 Å². The molecule has 0 amide bonds. The SMILES string of the molecule is COCc1ccccc1CN/C=C/C(=O)O. The summed E-state index contributed by atoms with van der Waals surface area (Å²) in [5.74, 6) is -0.960. The fourth-order valence-electron chi connectivity index (χ4n) is 1.33. The Hall–Kier alpha value is -1.81. The molecule has 0 aromatic heterocycles. The van der Waals surface area contributed by atoms with Crippen LogP contribution in [-0.4, -0.2) is 18.2 Å². The van der Waals surface area contributed by atoms with Crippen molar-refractivity contribution in [1.29, 1.82) is 0 Å². The Morgan fingerprint density at radius 2 is 2.12 bits per heavy atom. The van der Waals surface area contributed by atoms with Gasteiger partial charge < -0.3 is 15.2 Å². The first-order valence-electron chi connectivity index (χ1n) is 4.92. The van der Waals surface area contributed by atoms with Crippen molar-refractivity contribution in [1.82, 2.24) is 5.32 Å². The largest absolute Gasteiger partial charge is 0.478 e. The highest BCUT2D eigenvalue weighted by molar-refractivity contribution is 5.79. The summed E-state index contributed by atoms with van der Waals surface area (Å²) in [6, 6.07) is 7.86. The van der Waals surface area contributed by atoms with Gasteiger partial charge in [-0.1, -0.05) is 24.3 Å². The predicted molar refractivity (Wildman–Crippen MR) is 60.8 cm³/mol. The van der Waals surface area contributed by atoms with Crippen LogP contribution in [0.25, 0.3) is 0 Å².